The van der Waals surface area contributed by atoms with Crippen LogP contribution in [0.1, 0.15) is 37.7 Å². The molecule has 3 heteroatoms. The van der Waals surface area contributed by atoms with Crippen molar-refractivity contribution in [2.75, 3.05) is 0 Å². The van der Waals surface area contributed by atoms with Crippen LogP contribution in [0.4, 0.5) is 4.39 Å². The summed E-state index contributed by atoms with van der Waals surface area (Å²) in [5.41, 5.74) is -0.446. The number of hydrogen-bond acceptors (Lipinski definition) is 2. The molecule has 1 N–H and O–H groups in total. The number of rotatable bonds is 1. The van der Waals surface area contributed by atoms with Crippen molar-refractivity contribution in [3.63, 3.8) is 0 Å². The molecule has 0 spiro atoms. The molecule has 0 saturated heterocycles. The van der Waals surface area contributed by atoms with E-state index >= 15 is 0 Å². The van der Waals surface area contributed by atoms with E-state index in [1.807, 2.05) is 0 Å². The third-order valence-corrected chi connectivity index (χ3v) is 5.73. The molecule has 0 radical (unpaired) electrons. The zero-order valence-electron chi connectivity index (χ0n) is 10.3. The van der Waals surface area contributed by atoms with E-state index in [4.69, 9.17) is 0 Å². The van der Waals surface area contributed by atoms with E-state index in [9.17, 15) is 9.50 Å². The molecule has 4 rings (SSSR count). The largest absolute Gasteiger partial charge is 0.385 e. The Morgan fingerprint density at radius 3 is 3.00 bits per heavy atom. The maximum absolute atomic E-state index is 13.9. The average molecular weight is 247 g/mol. The SMILES string of the molecule is OC1(c2ccncc2F)CC2CC1C1CCCC21. The number of nitrogens with zero attached hydrogens (tertiary/aromatic N) is 1. The topological polar surface area (TPSA) is 33.1 Å². The first-order chi connectivity index (χ1) is 8.70. The molecule has 18 heavy (non-hydrogen) atoms. The van der Waals surface area contributed by atoms with E-state index in [0.717, 1.165) is 18.8 Å². The molecular weight excluding hydrogens is 229 g/mol. The standard InChI is InChI=1S/C15H18FNO/c16-14-8-17-5-4-12(14)15(18)7-9-6-13(15)11-3-1-2-10(9)11/h4-5,8-11,13,18H,1-3,6-7H2. The van der Waals surface area contributed by atoms with Crippen molar-refractivity contribution < 1.29 is 9.50 Å². The van der Waals surface area contributed by atoms with E-state index in [-0.39, 0.29) is 11.7 Å². The lowest BCUT2D eigenvalue weighted by molar-refractivity contribution is -0.0538. The lowest BCUT2D eigenvalue weighted by Gasteiger charge is -2.39. The van der Waals surface area contributed by atoms with E-state index in [1.54, 1.807) is 12.3 Å². The highest BCUT2D eigenvalue weighted by atomic mass is 19.1. The molecular formula is C15H18FNO. The van der Waals surface area contributed by atoms with E-state index in [2.05, 4.69) is 4.98 Å². The molecule has 1 aromatic heterocycles. The highest BCUT2D eigenvalue weighted by molar-refractivity contribution is 5.27. The smallest absolute Gasteiger partial charge is 0.147 e. The second-order valence-electron chi connectivity index (χ2n) is 6.34. The number of aliphatic hydroxyl groups is 1. The minimum absolute atomic E-state index is 0.270. The van der Waals surface area contributed by atoms with Gasteiger partial charge in [-0.3, -0.25) is 4.98 Å². The Morgan fingerprint density at radius 1 is 1.33 bits per heavy atom. The molecule has 2 bridgehead atoms. The fraction of sp³-hybridized carbons (Fsp3) is 0.667. The Balaban J connectivity index is 1.76. The highest BCUT2D eigenvalue weighted by Gasteiger charge is 2.61. The second-order valence-corrected chi connectivity index (χ2v) is 6.34. The Hall–Kier alpha value is -0.960. The molecule has 5 atom stereocenters. The van der Waals surface area contributed by atoms with Crippen LogP contribution in [0, 0.1) is 29.5 Å². The summed E-state index contributed by atoms with van der Waals surface area (Å²) in [5.74, 6) is 1.97. The predicted molar refractivity (Wildman–Crippen MR) is 65.1 cm³/mol. The Morgan fingerprint density at radius 2 is 2.17 bits per heavy atom. The van der Waals surface area contributed by atoms with Crippen molar-refractivity contribution in [3.05, 3.63) is 29.8 Å². The first-order valence-corrected chi connectivity index (χ1v) is 7.02. The quantitative estimate of drug-likeness (QED) is 0.827. The van der Waals surface area contributed by atoms with Gasteiger partial charge in [-0.2, -0.15) is 0 Å². The molecule has 3 saturated carbocycles. The zero-order chi connectivity index (χ0) is 12.3. The maximum Gasteiger partial charge on any atom is 0.147 e. The fourth-order valence-electron chi connectivity index (χ4n) is 5.15. The van der Waals surface area contributed by atoms with Crippen LogP contribution in [0.25, 0.3) is 0 Å². The second kappa shape index (κ2) is 3.53. The minimum atomic E-state index is -0.927. The van der Waals surface area contributed by atoms with Crippen LogP contribution >= 0.6 is 0 Å². The number of pyridine rings is 1. The van der Waals surface area contributed by atoms with Gasteiger partial charge in [-0.15, -0.1) is 0 Å². The summed E-state index contributed by atoms with van der Waals surface area (Å²) in [6.45, 7) is 0. The molecule has 3 aliphatic carbocycles. The average Bonchev–Trinajstić information content (AvgIpc) is 2.99. The number of fused-ring (bicyclic) bond motifs is 5. The van der Waals surface area contributed by atoms with Crippen LogP contribution in [0.5, 0.6) is 0 Å². The predicted octanol–water partition coefficient (Wildman–Crippen LogP) is 2.86. The summed E-state index contributed by atoms with van der Waals surface area (Å²) in [4.78, 5) is 3.79. The van der Waals surface area contributed by atoms with Gasteiger partial charge in [-0.25, -0.2) is 4.39 Å². The van der Waals surface area contributed by atoms with Crippen LogP contribution in [0.2, 0.25) is 0 Å². The van der Waals surface area contributed by atoms with Gasteiger partial charge in [-0.1, -0.05) is 6.42 Å². The molecule has 0 aromatic carbocycles. The minimum Gasteiger partial charge on any atom is -0.385 e. The summed E-state index contributed by atoms with van der Waals surface area (Å²) in [7, 11) is 0. The summed E-state index contributed by atoms with van der Waals surface area (Å²) in [5, 5.41) is 11.0. The van der Waals surface area contributed by atoms with E-state index in [0.29, 0.717) is 17.4 Å². The van der Waals surface area contributed by atoms with Crippen LogP contribution < -0.4 is 0 Å². The molecule has 1 aromatic rings. The Labute approximate surface area is 106 Å². The molecule has 1 heterocycles. The van der Waals surface area contributed by atoms with Gasteiger partial charge in [0.05, 0.1) is 11.8 Å². The maximum atomic E-state index is 13.9. The first-order valence-electron chi connectivity index (χ1n) is 7.02. The number of aromatic nitrogens is 1. The Bertz CT molecular complexity index is 491. The normalized spacial score (nSPS) is 45.4. The third kappa shape index (κ3) is 1.23. The number of halogens is 1. The van der Waals surface area contributed by atoms with Gasteiger partial charge < -0.3 is 5.11 Å². The van der Waals surface area contributed by atoms with E-state index < -0.39 is 5.60 Å². The van der Waals surface area contributed by atoms with Gasteiger partial charge in [-0.05, 0) is 55.4 Å². The molecule has 5 unspecified atom stereocenters. The van der Waals surface area contributed by atoms with Crippen molar-refractivity contribution in [2.24, 2.45) is 23.7 Å². The van der Waals surface area contributed by atoms with Crippen LogP contribution in [-0.2, 0) is 5.60 Å². The molecule has 3 aliphatic rings. The molecule has 2 nitrogen and oxygen atoms in total. The van der Waals surface area contributed by atoms with E-state index in [1.165, 1.54) is 25.5 Å². The third-order valence-electron chi connectivity index (χ3n) is 5.73. The fourth-order valence-corrected chi connectivity index (χ4v) is 5.15. The van der Waals surface area contributed by atoms with Gasteiger partial charge in [0.25, 0.3) is 0 Å². The monoisotopic (exact) mass is 247 g/mol. The van der Waals surface area contributed by atoms with Gasteiger partial charge in [0, 0.05) is 11.8 Å². The lowest BCUT2D eigenvalue weighted by atomic mass is 9.70. The Kier molecular flexibility index (Phi) is 2.14. The molecule has 3 fully saturated rings. The molecule has 0 amide bonds. The van der Waals surface area contributed by atoms with Gasteiger partial charge >= 0.3 is 0 Å². The summed E-state index contributed by atoms with van der Waals surface area (Å²) < 4.78 is 13.9. The van der Waals surface area contributed by atoms with Crippen molar-refractivity contribution in [1.82, 2.24) is 4.98 Å². The van der Waals surface area contributed by atoms with Crippen molar-refractivity contribution in [3.8, 4) is 0 Å². The van der Waals surface area contributed by atoms with Gasteiger partial charge in [0.15, 0.2) is 0 Å². The first kappa shape index (κ1) is 10.9. The summed E-state index contributed by atoms with van der Waals surface area (Å²) >= 11 is 0. The van der Waals surface area contributed by atoms with Crippen molar-refractivity contribution in [1.29, 1.82) is 0 Å². The summed E-state index contributed by atoms with van der Waals surface area (Å²) in [6, 6.07) is 1.67. The van der Waals surface area contributed by atoms with Crippen LogP contribution in [0.3, 0.4) is 0 Å². The molecule has 0 aliphatic heterocycles. The van der Waals surface area contributed by atoms with Gasteiger partial charge in [0.1, 0.15) is 5.82 Å². The summed E-state index contributed by atoms with van der Waals surface area (Å²) in [6.07, 6.45) is 8.49. The van der Waals surface area contributed by atoms with Crippen molar-refractivity contribution >= 4 is 0 Å². The lowest BCUT2D eigenvalue weighted by Crippen LogP contribution is -2.39. The van der Waals surface area contributed by atoms with Crippen LogP contribution in [-0.4, -0.2) is 10.1 Å². The van der Waals surface area contributed by atoms with Crippen LogP contribution in [0.15, 0.2) is 18.5 Å². The number of hydrogen-bond donors (Lipinski definition) is 1. The van der Waals surface area contributed by atoms with Gasteiger partial charge in [0.2, 0.25) is 0 Å². The zero-order valence-corrected chi connectivity index (χ0v) is 10.3. The molecule has 96 valence electrons. The highest BCUT2D eigenvalue weighted by Crippen LogP contribution is 2.65. The van der Waals surface area contributed by atoms with Crippen molar-refractivity contribution in [2.45, 2.75) is 37.7 Å².